The van der Waals surface area contributed by atoms with Gasteiger partial charge in [0, 0.05) is 29.7 Å². The molecule has 1 unspecified atom stereocenters. The summed E-state index contributed by atoms with van der Waals surface area (Å²) in [6, 6.07) is 9.50. The molecule has 0 spiro atoms. The van der Waals surface area contributed by atoms with Gasteiger partial charge >= 0.3 is 0 Å². The number of carbonyl (C=O) groups is 1. The molecule has 0 N–H and O–H groups in total. The average Bonchev–Trinajstić information content (AvgIpc) is 3.07. The van der Waals surface area contributed by atoms with Crippen LogP contribution < -0.4 is 4.74 Å². The van der Waals surface area contributed by atoms with Gasteiger partial charge in [0.05, 0.1) is 25.2 Å². The van der Waals surface area contributed by atoms with E-state index in [1.54, 1.807) is 12.1 Å². The number of nitrogens with zero attached hydrogens (tertiary/aromatic N) is 4. The number of rotatable bonds is 3. The van der Waals surface area contributed by atoms with Gasteiger partial charge in [-0.2, -0.15) is 5.26 Å². The lowest BCUT2D eigenvalue weighted by Gasteiger charge is -2.26. The Morgan fingerprint density at radius 1 is 1.26 bits per heavy atom. The second kappa shape index (κ2) is 7.67. The molecule has 0 saturated carbocycles. The summed E-state index contributed by atoms with van der Waals surface area (Å²) in [7, 11) is 0. The standard InChI is InChI=1S/C21H22N4O2/c22-11-16-8-9-20(23-12-16)27-19-14-24-10-4-7-18(24)13-25(15-19)21(26)17-5-2-1-3-6-17/h4-5,7-10,12,19H,1-3,6,13-15H2. The number of hydrogen-bond acceptors (Lipinski definition) is 4. The van der Waals surface area contributed by atoms with E-state index in [1.165, 1.54) is 6.20 Å². The Hall–Kier alpha value is -3.07. The molecule has 2 aromatic heterocycles. The third-order valence-corrected chi connectivity index (χ3v) is 5.11. The lowest BCUT2D eigenvalue weighted by atomic mass is 9.98. The first kappa shape index (κ1) is 17.3. The summed E-state index contributed by atoms with van der Waals surface area (Å²) in [6.07, 6.45) is 9.50. The summed E-state index contributed by atoms with van der Waals surface area (Å²) < 4.78 is 8.21. The number of ether oxygens (including phenoxy) is 1. The van der Waals surface area contributed by atoms with Crippen molar-refractivity contribution >= 4 is 5.91 Å². The molecule has 1 aliphatic heterocycles. The van der Waals surface area contributed by atoms with Crippen molar-refractivity contribution in [3.8, 4) is 11.9 Å². The van der Waals surface area contributed by atoms with Crippen molar-refractivity contribution in [1.29, 1.82) is 5.26 Å². The van der Waals surface area contributed by atoms with E-state index in [2.05, 4.69) is 27.8 Å². The van der Waals surface area contributed by atoms with Crippen LogP contribution >= 0.6 is 0 Å². The first-order chi connectivity index (χ1) is 13.2. The Balaban J connectivity index is 1.55. The molecule has 0 saturated heterocycles. The molecule has 27 heavy (non-hydrogen) atoms. The SMILES string of the molecule is N#Cc1ccc(OC2CN(C(=O)C3=CCCCC3)Cc3cccn3C2)nc1. The Bertz CT molecular complexity index is 892. The molecule has 0 bridgehead atoms. The van der Waals surface area contributed by atoms with Crippen LogP contribution in [0, 0.1) is 11.3 Å². The largest absolute Gasteiger partial charge is 0.471 e. The van der Waals surface area contributed by atoms with Gasteiger partial charge in [0.15, 0.2) is 0 Å². The predicted octanol–water partition coefficient (Wildman–Crippen LogP) is 3.04. The van der Waals surface area contributed by atoms with Gasteiger partial charge in [-0.05, 0) is 43.9 Å². The summed E-state index contributed by atoms with van der Waals surface area (Å²) in [5.74, 6) is 0.588. The van der Waals surface area contributed by atoms with Gasteiger partial charge in [0.2, 0.25) is 11.8 Å². The van der Waals surface area contributed by atoms with Gasteiger partial charge < -0.3 is 14.2 Å². The van der Waals surface area contributed by atoms with Gasteiger partial charge in [-0.3, -0.25) is 4.79 Å². The summed E-state index contributed by atoms with van der Waals surface area (Å²) in [6.45, 7) is 1.76. The summed E-state index contributed by atoms with van der Waals surface area (Å²) in [5.41, 5.74) is 2.53. The highest BCUT2D eigenvalue weighted by atomic mass is 16.5. The normalized spacial score (nSPS) is 19.4. The zero-order valence-corrected chi connectivity index (χ0v) is 15.2. The Labute approximate surface area is 158 Å². The maximum Gasteiger partial charge on any atom is 0.249 e. The molecular formula is C21H22N4O2. The van der Waals surface area contributed by atoms with E-state index in [4.69, 9.17) is 10.00 Å². The van der Waals surface area contributed by atoms with Crippen molar-refractivity contribution in [3.63, 3.8) is 0 Å². The number of amides is 1. The molecule has 2 aromatic rings. The minimum absolute atomic E-state index is 0.116. The zero-order valence-electron chi connectivity index (χ0n) is 15.2. The number of nitriles is 1. The molecule has 4 rings (SSSR count). The highest BCUT2D eigenvalue weighted by Crippen LogP contribution is 2.23. The van der Waals surface area contributed by atoms with E-state index < -0.39 is 0 Å². The lowest BCUT2D eigenvalue weighted by Crippen LogP contribution is -2.39. The molecular weight excluding hydrogens is 340 g/mol. The fourth-order valence-corrected chi connectivity index (χ4v) is 3.71. The summed E-state index contributed by atoms with van der Waals surface area (Å²) >= 11 is 0. The van der Waals surface area contributed by atoms with Crippen molar-refractivity contribution in [3.05, 3.63) is 59.6 Å². The monoisotopic (exact) mass is 362 g/mol. The number of carbonyl (C=O) groups excluding carboxylic acids is 1. The number of pyridine rings is 1. The Kier molecular flexibility index (Phi) is 4.93. The molecule has 6 heteroatoms. The molecule has 3 heterocycles. The quantitative estimate of drug-likeness (QED) is 0.841. The van der Waals surface area contributed by atoms with E-state index in [1.807, 2.05) is 17.2 Å². The van der Waals surface area contributed by atoms with Crippen molar-refractivity contribution in [2.75, 3.05) is 6.54 Å². The second-order valence-electron chi connectivity index (χ2n) is 7.05. The van der Waals surface area contributed by atoms with Crippen LogP contribution in [0.1, 0.15) is 36.9 Å². The van der Waals surface area contributed by atoms with Gasteiger partial charge in [-0.15, -0.1) is 0 Å². The molecule has 2 aliphatic rings. The zero-order chi connectivity index (χ0) is 18.6. The summed E-state index contributed by atoms with van der Waals surface area (Å²) in [4.78, 5) is 19.2. The van der Waals surface area contributed by atoms with Gasteiger partial charge in [0.25, 0.3) is 0 Å². The highest BCUT2D eigenvalue weighted by Gasteiger charge is 2.28. The molecule has 0 radical (unpaired) electrons. The third kappa shape index (κ3) is 3.87. The topological polar surface area (TPSA) is 71.2 Å². The Morgan fingerprint density at radius 3 is 2.93 bits per heavy atom. The fourth-order valence-electron chi connectivity index (χ4n) is 3.71. The number of aromatic nitrogens is 2. The van der Waals surface area contributed by atoms with E-state index in [-0.39, 0.29) is 12.0 Å². The predicted molar refractivity (Wildman–Crippen MR) is 99.8 cm³/mol. The molecule has 0 aromatic carbocycles. The number of fused-ring (bicyclic) bond motifs is 1. The lowest BCUT2D eigenvalue weighted by molar-refractivity contribution is -0.129. The second-order valence-corrected chi connectivity index (χ2v) is 7.05. The first-order valence-corrected chi connectivity index (χ1v) is 9.38. The van der Waals surface area contributed by atoms with Crippen molar-refractivity contribution < 1.29 is 9.53 Å². The minimum atomic E-state index is -0.202. The average molecular weight is 362 g/mol. The molecule has 1 amide bonds. The first-order valence-electron chi connectivity index (χ1n) is 9.38. The van der Waals surface area contributed by atoms with E-state index in [0.717, 1.165) is 37.0 Å². The van der Waals surface area contributed by atoms with Crippen LogP contribution in [0.4, 0.5) is 0 Å². The Morgan fingerprint density at radius 2 is 2.19 bits per heavy atom. The maximum atomic E-state index is 13.1. The highest BCUT2D eigenvalue weighted by molar-refractivity contribution is 5.93. The molecule has 1 atom stereocenters. The summed E-state index contributed by atoms with van der Waals surface area (Å²) in [5, 5.41) is 8.91. The smallest absolute Gasteiger partial charge is 0.249 e. The fraction of sp³-hybridized carbons (Fsp3) is 0.381. The number of hydrogen-bond donors (Lipinski definition) is 0. The van der Waals surface area contributed by atoms with Crippen LogP contribution in [-0.2, 0) is 17.9 Å². The van der Waals surface area contributed by atoms with Gasteiger partial charge in [-0.25, -0.2) is 4.98 Å². The molecule has 0 fully saturated rings. The van der Waals surface area contributed by atoms with E-state index in [9.17, 15) is 4.79 Å². The third-order valence-electron chi connectivity index (χ3n) is 5.11. The van der Waals surface area contributed by atoms with Crippen LogP contribution in [0.15, 0.2) is 48.3 Å². The maximum absolute atomic E-state index is 13.1. The van der Waals surface area contributed by atoms with Crippen LogP contribution in [0.25, 0.3) is 0 Å². The van der Waals surface area contributed by atoms with Crippen LogP contribution in [0.5, 0.6) is 5.88 Å². The molecule has 138 valence electrons. The van der Waals surface area contributed by atoms with Gasteiger partial charge in [0.1, 0.15) is 12.2 Å². The van der Waals surface area contributed by atoms with Crippen LogP contribution in [0.3, 0.4) is 0 Å². The van der Waals surface area contributed by atoms with E-state index in [0.29, 0.717) is 31.1 Å². The van der Waals surface area contributed by atoms with E-state index >= 15 is 0 Å². The molecule has 6 nitrogen and oxygen atoms in total. The van der Waals surface area contributed by atoms with Crippen LogP contribution in [-0.4, -0.2) is 33.0 Å². The molecule has 1 aliphatic carbocycles. The minimum Gasteiger partial charge on any atom is -0.471 e. The number of allylic oxidation sites excluding steroid dienone is 1. The van der Waals surface area contributed by atoms with Crippen molar-refractivity contribution in [2.24, 2.45) is 0 Å². The van der Waals surface area contributed by atoms with Crippen LogP contribution in [0.2, 0.25) is 0 Å². The van der Waals surface area contributed by atoms with Gasteiger partial charge in [-0.1, -0.05) is 6.08 Å². The van der Waals surface area contributed by atoms with Crippen molar-refractivity contribution in [2.45, 2.75) is 44.9 Å². The van der Waals surface area contributed by atoms with Crippen molar-refractivity contribution in [1.82, 2.24) is 14.5 Å².